The average molecular weight is 321 g/mol. The second kappa shape index (κ2) is 7.81. The second-order valence-corrected chi connectivity index (χ2v) is 12.5. The van der Waals surface area contributed by atoms with Crippen molar-refractivity contribution in [2.75, 3.05) is 13.2 Å². The van der Waals surface area contributed by atoms with Crippen LogP contribution in [0.25, 0.3) is 0 Å². The molecule has 0 saturated carbocycles. The van der Waals surface area contributed by atoms with E-state index < -0.39 is 8.32 Å². The Morgan fingerprint density at radius 2 is 1.89 bits per heavy atom. The molecule has 0 radical (unpaired) electrons. The lowest BCUT2D eigenvalue weighted by atomic mass is 10.1. The third kappa shape index (κ3) is 8.12. The molecule has 0 saturated heterocycles. The van der Waals surface area contributed by atoms with Gasteiger partial charge in [-0.1, -0.05) is 46.4 Å². The molecular formula is C14H28O2S2Si. The summed E-state index contributed by atoms with van der Waals surface area (Å²) in [4.78, 5) is 0. The molecule has 112 valence electrons. The summed E-state index contributed by atoms with van der Waals surface area (Å²) in [6.07, 6.45) is 2.18. The Labute approximate surface area is 130 Å². The fourth-order valence-corrected chi connectivity index (χ4v) is 2.55. The first-order valence-electron chi connectivity index (χ1n) is 6.62. The van der Waals surface area contributed by atoms with Crippen molar-refractivity contribution in [3.05, 3.63) is 11.6 Å². The molecule has 0 aromatic carbocycles. The zero-order chi connectivity index (χ0) is 15.3. The molecule has 0 N–H and O–H groups in total. The molecule has 19 heavy (non-hydrogen) atoms. The Morgan fingerprint density at radius 3 is 2.32 bits per heavy atom. The minimum atomic E-state index is -1.65. The van der Waals surface area contributed by atoms with Gasteiger partial charge in [0.25, 0.3) is 0 Å². The molecule has 2 nitrogen and oxygen atoms in total. The third-order valence-electron chi connectivity index (χ3n) is 3.51. The molecule has 0 rings (SSSR count). The Morgan fingerprint density at radius 1 is 1.37 bits per heavy atom. The van der Waals surface area contributed by atoms with Crippen molar-refractivity contribution in [2.45, 2.75) is 52.8 Å². The van der Waals surface area contributed by atoms with E-state index in [0.29, 0.717) is 12.5 Å². The summed E-state index contributed by atoms with van der Waals surface area (Å²) in [6.45, 7) is 16.8. The van der Waals surface area contributed by atoms with E-state index in [9.17, 15) is 0 Å². The molecule has 0 aromatic rings. The van der Waals surface area contributed by atoms with E-state index in [-0.39, 0.29) is 9.42 Å². The van der Waals surface area contributed by atoms with Gasteiger partial charge >= 0.3 is 0 Å². The van der Waals surface area contributed by atoms with E-state index in [0.717, 1.165) is 12.2 Å². The number of hydrogen-bond donors (Lipinski definition) is 1. The first-order chi connectivity index (χ1) is 8.45. The summed E-state index contributed by atoms with van der Waals surface area (Å²) < 4.78 is 11.7. The van der Waals surface area contributed by atoms with Crippen molar-refractivity contribution in [3.63, 3.8) is 0 Å². The van der Waals surface area contributed by atoms with Gasteiger partial charge in [-0.15, -0.1) is 0 Å². The molecular weight excluding hydrogens is 292 g/mol. The van der Waals surface area contributed by atoms with E-state index >= 15 is 0 Å². The Hall–Kier alpha value is 0.157. The number of hydrogen-bond acceptors (Lipinski definition) is 3. The first-order valence-corrected chi connectivity index (χ1v) is 10.4. The van der Waals surface area contributed by atoms with Crippen molar-refractivity contribution in [2.24, 2.45) is 5.92 Å². The molecule has 0 aliphatic heterocycles. The van der Waals surface area contributed by atoms with Crippen LogP contribution >= 0.6 is 24.8 Å². The highest BCUT2D eigenvalue weighted by molar-refractivity contribution is 8.10. The van der Waals surface area contributed by atoms with Crippen molar-refractivity contribution in [1.29, 1.82) is 0 Å². The van der Waals surface area contributed by atoms with E-state index in [4.69, 9.17) is 21.4 Å². The highest BCUT2D eigenvalue weighted by Crippen LogP contribution is 2.36. The van der Waals surface area contributed by atoms with Crippen LogP contribution in [-0.2, 0) is 9.16 Å². The summed E-state index contributed by atoms with van der Waals surface area (Å²) >= 11 is 8.70. The standard InChI is InChI=1S/C14H28O2S2Si/c1-11(9-15-13(17)18)8-12(2)10-16-19(6,7)14(3,4)5/h8,12H,9-10H2,1-7H3,(H,17,18)/b11-8+/t12-/m1/s1. The highest BCUT2D eigenvalue weighted by Gasteiger charge is 2.37. The van der Waals surface area contributed by atoms with Crippen molar-refractivity contribution in [3.8, 4) is 0 Å². The van der Waals surface area contributed by atoms with Gasteiger partial charge in [-0.3, -0.25) is 0 Å². The Kier molecular flexibility index (Phi) is 7.88. The first kappa shape index (κ1) is 19.2. The number of thiol groups is 1. The molecule has 0 aromatic heterocycles. The molecule has 0 spiro atoms. The number of ether oxygens (including phenoxy) is 1. The van der Waals surface area contributed by atoms with Crippen LogP contribution in [0.4, 0.5) is 0 Å². The Bertz CT molecular complexity index is 333. The van der Waals surface area contributed by atoms with Gasteiger partial charge in [-0.25, -0.2) is 0 Å². The van der Waals surface area contributed by atoms with Crippen LogP contribution in [0.3, 0.4) is 0 Å². The van der Waals surface area contributed by atoms with Crippen LogP contribution in [0, 0.1) is 5.92 Å². The summed E-state index contributed by atoms with van der Waals surface area (Å²) in [6, 6.07) is 0. The van der Waals surface area contributed by atoms with Gasteiger partial charge in [0.2, 0.25) is 4.38 Å². The van der Waals surface area contributed by atoms with Gasteiger partial charge in [0.15, 0.2) is 8.32 Å². The van der Waals surface area contributed by atoms with E-state index in [1.807, 2.05) is 6.92 Å². The van der Waals surface area contributed by atoms with Gasteiger partial charge in [-0.2, -0.15) is 0 Å². The molecule has 0 heterocycles. The molecule has 0 aliphatic rings. The van der Waals surface area contributed by atoms with E-state index in [1.54, 1.807) is 0 Å². The third-order valence-corrected chi connectivity index (χ3v) is 8.25. The molecule has 0 bridgehead atoms. The van der Waals surface area contributed by atoms with Crippen LogP contribution in [0.15, 0.2) is 11.6 Å². The normalized spacial score (nSPS) is 15.3. The molecule has 5 heteroatoms. The highest BCUT2D eigenvalue weighted by atomic mass is 32.1. The lowest BCUT2D eigenvalue weighted by Gasteiger charge is -2.36. The second-order valence-electron chi connectivity index (χ2n) is 6.62. The molecule has 0 fully saturated rings. The van der Waals surface area contributed by atoms with Gasteiger partial charge in [0.1, 0.15) is 6.61 Å². The van der Waals surface area contributed by atoms with Crippen molar-refractivity contribution >= 4 is 37.5 Å². The lowest BCUT2D eigenvalue weighted by Crippen LogP contribution is -2.41. The van der Waals surface area contributed by atoms with Crippen LogP contribution in [-0.4, -0.2) is 25.9 Å². The predicted molar refractivity (Wildman–Crippen MR) is 93.6 cm³/mol. The SMILES string of the molecule is C/C(=C\[C@@H](C)CO[Si](C)(C)C(C)(C)C)COC(=S)S. The zero-order valence-corrected chi connectivity index (χ0v) is 16.0. The van der Waals surface area contributed by atoms with Gasteiger partial charge in [0.05, 0.1) is 0 Å². The van der Waals surface area contributed by atoms with E-state index in [1.165, 1.54) is 0 Å². The van der Waals surface area contributed by atoms with Gasteiger partial charge in [0, 0.05) is 6.61 Å². The predicted octanol–water partition coefficient (Wildman–Crippen LogP) is 4.82. The minimum absolute atomic E-state index is 0.257. The van der Waals surface area contributed by atoms with Gasteiger partial charge < -0.3 is 9.16 Å². The fraction of sp³-hybridized carbons (Fsp3) is 0.786. The topological polar surface area (TPSA) is 18.5 Å². The summed E-state index contributed by atoms with van der Waals surface area (Å²) in [5.74, 6) is 0.381. The van der Waals surface area contributed by atoms with Crippen molar-refractivity contribution in [1.82, 2.24) is 0 Å². The summed E-state index contributed by atoms with van der Waals surface area (Å²) in [7, 11) is -1.65. The van der Waals surface area contributed by atoms with Crippen molar-refractivity contribution < 1.29 is 9.16 Å². The van der Waals surface area contributed by atoms with Crippen LogP contribution in [0.5, 0.6) is 0 Å². The maximum Gasteiger partial charge on any atom is 0.217 e. The smallest absolute Gasteiger partial charge is 0.217 e. The zero-order valence-electron chi connectivity index (χ0n) is 13.2. The maximum absolute atomic E-state index is 6.19. The molecule has 0 aliphatic carbocycles. The largest absolute Gasteiger partial charge is 0.474 e. The average Bonchev–Trinajstić information content (AvgIpc) is 2.22. The monoisotopic (exact) mass is 320 g/mol. The molecule has 0 unspecified atom stereocenters. The van der Waals surface area contributed by atoms with Crippen LogP contribution < -0.4 is 0 Å². The van der Waals surface area contributed by atoms with Gasteiger partial charge in [-0.05, 0) is 48.8 Å². The molecule has 1 atom stereocenters. The Balaban J connectivity index is 4.29. The van der Waals surface area contributed by atoms with Crippen LogP contribution in [0.2, 0.25) is 18.1 Å². The number of rotatable bonds is 6. The maximum atomic E-state index is 6.19. The minimum Gasteiger partial charge on any atom is -0.474 e. The lowest BCUT2D eigenvalue weighted by molar-refractivity contribution is 0.258. The number of thiocarbonyl (C=S) groups is 1. The summed E-state index contributed by atoms with van der Waals surface area (Å²) in [5, 5.41) is 0.257. The fourth-order valence-electron chi connectivity index (χ4n) is 1.31. The van der Waals surface area contributed by atoms with Crippen LogP contribution in [0.1, 0.15) is 34.6 Å². The molecule has 0 amide bonds. The quantitative estimate of drug-likeness (QED) is 0.327. The van der Waals surface area contributed by atoms with E-state index in [2.05, 4.69) is 59.5 Å². The summed E-state index contributed by atoms with van der Waals surface area (Å²) in [5.41, 5.74) is 1.16.